The molecular weight excluding hydrogens is 372 g/mol. The van der Waals surface area contributed by atoms with Crippen molar-refractivity contribution in [3.63, 3.8) is 0 Å². The number of rotatable bonds is 10. The number of carbonyl (C=O) groups excluding carboxylic acids is 2. The molecule has 0 saturated carbocycles. The van der Waals surface area contributed by atoms with E-state index in [2.05, 4.69) is 13.5 Å². The Labute approximate surface area is 171 Å². The Balaban J connectivity index is 1.97. The third-order valence-corrected chi connectivity index (χ3v) is 4.23. The van der Waals surface area contributed by atoms with E-state index in [0.29, 0.717) is 30.7 Å². The van der Waals surface area contributed by atoms with Gasteiger partial charge >= 0.3 is 11.9 Å². The topological polar surface area (TPSA) is 88.9 Å². The molecule has 0 atom stereocenters. The molecule has 0 fully saturated rings. The van der Waals surface area contributed by atoms with Crippen molar-refractivity contribution in [1.82, 2.24) is 0 Å². The van der Waals surface area contributed by atoms with E-state index in [0.717, 1.165) is 18.5 Å². The maximum Gasteiger partial charge on any atom is 0.354 e. The minimum atomic E-state index is -0.726. The van der Waals surface area contributed by atoms with E-state index < -0.39 is 11.9 Å². The molecule has 1 aromatic rings. The zero-order chi connectivity index (χ0) is 21.2. The summed E-state index contributed by atoms with van der Waals surface area (Å²) in [5.41, 5.74) is 1.01. The van der Waals surface area contributed by atoms with Crippen molar-refractivity contribution >= 4 is 17.6 Å². The Kier molecular flexibility index (Phi) is 8.28. The van der Waals surface area contributed by atoms with Crippen LogP contribution in [-0.2, 0) is 19.1 Å². The Morgan fingerprint density at radius 3 is 2.41 bits per heavy atom. The van der Waals surface area contributed by atoms with Crippen LogP contribution in [0.15, 0.2) is 47.9 Å². The van der Waals surface area contributed by atoms with E-state index in [9.17, 15) is 14.9 Å². The molecular formula is C22H26N2O5. The molecule has 1 aromatic carbocycles. The number of nitriles is 1. The molecule has 2 rings (SSSR count). The highest BCUT2D eigenvalue weighted by Gasteiger charge is 2.32. The van der Waals surface area contributed by atoms with Crippen LogP contribution in [0.1, 0.15) is 39.5 Å². The number of fused-ring (bicyclic) bond motifs is 1. The number of hydrogen-bond acceptors (Lipinski definition) is 7. The van der Waals surface area contributed by atoms with Crippen LogP contribution in [0, 0.1) is 11.3 Å². The molecule has 0 saturated heterocycles. The summed E-state index contributed by atoms with van der Waals surface area (Å²) in [6.07, 6.45) is 2.89. The molecule has 29 heavy (non-hydrogen) atoms. The van der Waals surface area contributed by atoms with Crippen molar-refractivity contribution < 1.29 is 23.8 Å². The molecule has 0 bridgehead atoms. The molecule has 7 nitrogen and oxygen atoms in total. The van der Waals surface area contributed by atoms with Crippen molar-refractivity contribution in [3.05, 3.63) is 47.9 Å². The van der Waals surface area contributed by atoms with Crippen LogP contribution >= 0.6 is 0 Å². The highest BCUT2D eigenvalue weighted by molar-refractivity contribution is 5.94. The molecule has 1 aliphatic rings. The molecule has 1 aliphatic heterocycles. The summed E-state index contributed by atoms with van der Waals surface area (Å²) in [7, 11) is 0. The summed E-state index contributed by atoms with van der Waals surface area (Å²) in [5, 5.41) is 9.55. The molecule has 0 aliphatic carbocycles. The Bertz CT molecular complexity index is 838. The van der Waals surface area contributed by atoms with Crippen LogP contribution in [0.3, 0.4) is 0 Å². The Hall–Kier alpha value is -3.27. The third-order valence-electron chi connectivity index (χ3n) is 4.23. The fraction of sp³-hybridized carbons (Fsp3) is 0.409. The summed E-state index contributed by atoms with van der Waals surface area (Å²) >= 11 is 0. The van der Waals surface area contributed by atoms with Gasteiger partial charge in [0.2, 0.25) is 5.88 Å². The van der Waals surface area contributed by atoms with E-state index in [1.54, 1.807) is 13.0 Å². The minimum Gasteiger partial charge on any atom is -0.462 e. The second kappa shape index (κ2) is 10.9. The lowest BCUT2D eigenvalue weighted by Crippen LogP contribution is -2.25. The summed E-state index contributed by atoms with van der Waals surface area (Å²) in [5.74, 6) is -0.347. The predicted molar refractivity (Wildman–Crippen MR) is 108 cm³/mol. The van der Waals surface area contributed by atoms with Crippen molar-refractivity contribution in [2.24, 2.45) is 0 Å². The summed E-state index contributed by atoms with van der Waals surface area (Å²) in [6, 6.07) is 9.34. The lowest BCUT2D eigenvalue weighted by atomic mass is 10.2. The number of carbonyl (C=O) groups is 2. The number of anilines is 1. The molecule has 7 heteroatoms. The zero-order valence-electron chi connectivity index (χ0n) is 16.9. The van der Waals surface area contributed by atoms with Gasteiger partial charge in [0.15, 0.2) is 11.3 Å². The zero-order valence-corrected chi connectivity index (χ0v) is 16.9. The highest BCUT2D eigenvalue weighted by atomic mass is 16.5. The van der Waals surface area contributed by atoms with Crippen molar-refractivity contribution in [3.8, 4) is 11.8 Å². The average Bonchev–Trinajstić information content (AvgIpc) is 3.07. The van der Waals surface area contributed by atoms with E-state index >= 15 is 0 Å². The normalized spacial score (nSPS) is 13.8. The largest absolute Gasteiger partial charge is 0.462 e. The number of hydrogen-bond donors (Lipinski definition) is 0. The van der Waals surface area contributed by atoms with Gasteiger partial charge < -0.3 is 19.1 Å². The average molecular weight is 398 g/mol. The first kappa shape index (κ1) is 22.0. The molecule has 154 valence electrons. The quantitative estimate of drug-likeness (QED) is 0.256. The van der Waals surface area contributed by atoms with Crippen molar-refractivity contribution in [1.29, 1.82) is 5.26 Å². The van der Waals surface area contributed by atoms with Crippen LogP contribution in [0.5, 0.6) is 5.75 Å². The third kappa shape index (κ3) is 5.85. The number of esters is 2. The number of unbranched alkanes of at least 4 members (excludes halogenated alkanes) is 2. The Morgan fingerprint density at radius 1 is 1.14 bits per heavy atom. The van der Waals surface area contributed by atoms with Crippen LogP contribution in [0.25, 0.3) is 0 Å². The number of nitrogens with zero attached hydrogens (tertiary/aromatic N) is 2. The molecule has 0 unspecified atom stereocenters. The summed E-state index contributed by atoms with van der Waals surface area (Å²) in [6.45, 7) is 8.12. The molecule has 0 N–H and O–H groups in total. The maximum absolute atomic E-state index is 12.5. The number of para-hydroxylation sites is 2. The first-order chi connectivity index (χ1) is 14.0. The molecule has 0 aromatic heterocycles. The number of ether oxygens (including phenoxy) is 3. The van der Waals surface area contributed by atoms with Gasteiger partial charge in [0.05, 0.1) is 18.9 Å². The highest BCUT2D eigenvalue weighted by Crippen LogP contribution is 2.39. The van der Waals surface area contributed by atoms with E-state index in [1.165, 1.54) is 0 Å². The van der Waals surface area contributed by atoms with Gasteiger partial charge in [-0.1, -0.05) is 32.1 Å². The van der Waals surface area contributed by atoms with Crippen molar-refractivity contribution in [2.75, 3.05) is 24.7 Å². The minimum absolute atomic E-state index is 0.115. The standard InChI is InChI=1S/C22H26N2O5/c1-4-5-12-24-18-10-6-7-11-19(18)29-20(24)17(15-23)22(26)28-14-9-8-13-27-21(25)16(2)3/h6-7,10-11H,2,4-5,8-9,12-14H2,1,3H3. The Morgan fingerprint density at radius 2 is 1.79 bits per heavy atom. The van der Waals surface area contributed by atoms with Crippen LogP contribution in [0.4, 0.5) is 5.69 Å². The summed E-state index contributed by atoms with van der Waals surface area (Å²) in [4.78, 5) is 25.6. The van der Waals surface area contributed by atoms with Gasteiger partial charge in [-0.05, 0) is 38.3 Å². The van der Waals surface area contributed by atoms with Gasteiger partial charge in [-0.25, -0.2) is 9.59 Å². The fourth-order valence-electron chi connectivity index (χ4n) is 2.67. The lowest BCUT2D eigenvalue weighted by Gasteiger charge is -2.18. The number of benzene rings is 1. The summed E-state index contributed by atoms with van der Waals surface area (Å²) < 4.78 is 16.0. The molecule has 1 heterocycles. The first-order valence-electron chi connectivity index (χ1n) is 9.68. The maximum atomic E-state index is 12.5. The van der Waals surface area contributed by atoms with Gasteiger partial charge in [0.25, 0.3) is 0 Å². The second-order valence-electron chi connectivity index (χ2n) is 6.63. The van der Waals surface area contributed by atoms with Gasteiger partial charge in [-0.2, -0.15) is 5.26 Å². The first-order valence-corrected chi connectivity index (χ1v) is 9.68. The van der Waals surface area contributed by atoms with Crippen LogP contribution in [-0.4, -0.2) is 31.7 Å². The second-order valence-corrected chi connectivity index (χ2v) is 6.63. The molecule has 0 amide bonds. The van der Waals surface area contributed by atoms with E-state index in [-0.39, 0.29) is 24.7 Å². The van der Waals surface area contributed by atoms with Gasteiger partial charge in [0, 0.05) is 12.1 Å². The van der Waals surface area contributed by atoms with Crippen molar-refractivity contribution in [2.45, 2.75) is 39.5 Å². The molecule has 0 spiro atoms. The van der Waals surface area contributed by atoms with Gasteiger partial charge in [-0.15, -0.1) is 0 Å². The lowest BCUT2D eigenvalue weighted by molar-refractivity contribution is -0.141. The smallest absolute Gasteiger partial charge is 0.354 e. The fourth-order valence-corrected chi connectivity index (χ4v) is 2.67. The molecule has 0 radical (unpaired) electrons. The predicted octanol–water partition coefficient (Wildman–Crippen LogP) is 3.86. The van der Waals surface area contributed by atoms with Gasteiger partial charge in [-0.3, -0.25) is 0 Å². The van der Waals surface area contributed by atoms with Crippen LogP contribution < -0.4 is 9.64 Å². The van der Waals surface area contributed by atoms with E-state index in [1.807, 2.05) is 29.2 Å². The van der Waals surface area contributed by atoms with Crippen LogP contribution in [0.2, 0.25) is 0 Å². The SMILES string of the molecule is C=C(C)C(=O)OCCCCOC(=O)C(C#N)=C1Oc2ccccc2N1CCCC. The van der Waals surface area contributed by atoms with Gasteiger partial charge in [0.1, 0.15) is 6.07 Å². The monoisotopic (exact) mass is 398 g/mol. The van der Waals surface area contributed by atoms with E-state index in [4.69, 9.17) is 14.2 Å².